The predicted octanol–water partition coefficient (Wildman–Crippen LogP) is 4.62. The number of amides is 1. The highest BCUT2D eigenvalue weighted by Gasteiger charge is 2.23. The van der Waals surface area contributed by atoms with Crippen molar-refractivity contribution in [1.29, 1.82) is 0 Å². The lowest BCUT2D eigenvalue weighted by molar-refractivity contribution is 0.0967. The third kappa shape index (κ3) is 4.28. The van der Waals surface area contributed by atoms with Crippen LogP contribution in [0.15, 0.2) is 41.3 Å². The number of carbonyl (C=O) groups excluding carboxylic acids is 1. The van der Waals surface area contributed by atoms with Crippen LogP contribution in [0.25, 0.3) is 10.8 Å². The number of aryl methyl sites for hydroxylation is 1. The van der Waals surface area contributed by atoms with Gasteiger partial charge in [0.2, 0.25) is 0 Å². The minimum atomic E-state index is -0.185. The molecule has 5 heteroatoms. The smallest absolute Gasteiger partial charge is 0.409 e. The van der Waals surface area contributed by atoms with E-state index in [-0.39, 0.29) is 6.09 Å². The fourth-order valence-electron chi connectivity index (χ4n) is 3.27. The van der Waals surface area contributed by atoms with Crippen molar-refractivity contribution in [3.63, 3.8) is 0 Å². The number of fused-ring (bicyclic) bond motifs is 1. The van der Waals surface area contributed by atoms with Crippen molar-refractivity contribution in [2.45, 2.75) is 44.0 Å². The van der Waals surface area contributed by atoms with E-state index in [0.29, 0.717) is 12.6 Å². The molecule has 4 nitrogen and oxygen atoms in total. The Bertz CT molecular complexity index is 727. The molecule has 0 radical (unpaired) electrons. The summed E-state index contributed by atoms with van der Waals surface area (Å²) >= 11 is 1.71. The molecule has 134 valence electrons. The Morgan fingerprint density at radius 1 is 1.16 bits per heavy atom. The van der Waals surface area contributed by atoms with Crippen LogP contribution in [0.2, 0.25) is 0 Å². The van der Waals surface area contributed by atoms with Crippen LogP contribution in [-0.2, 0) is 11.2 Å². The van der Waals surface area contributed by atoms with Crippen LogP contribution >= 0.6 is 11.9 Å². The second-order valence-electron chi connectivity index (χ2n) is 6.30. The number of piperidine rings is 1. The van der Waals surface area contributed by atoms with Crippen LogP contribution in [-0.4, -0.2) is 36.7 Å². The Morgan fingerprint density at radius 2 is 1.88 bits per heavy atom. The molecule has 1 heterocycles. The Morgan fingerprint density at radius 3 is 2.56 bits per heavy atom. The van der Waals surface area contributed by atoms with E-state index in [1.165, 1.54) is 21.2 Å². The Hall–Kier alpha value is -1.72. The first-order valence-corrected chi connectivity index (χ1v) is 9.89. The molecule has 0 atom stereocenters. The van der Waals surface area contributed by atoms with Crippen LogP contribution in [0.1, 0.15) is 32.3 Å². The highest BCUT2D eigenvalue weighted by Crippen LogP contribution is 2.30. The standard InChI is InChI=1S/C20H26N2O2S/c1-3-15-9-10-19(18-8-6-5-7-17(15)18)25-21-16-11-13-22(14-12-16)20(23)24-4-2/h5-10,16,21H,3-4,11-14H2,1-2H3. The van der Waals surface area contributed by atoms with Crippen molar-refractivity contribution in [3.05, 3.63) is 42.0 Å². The maximum atomic E-state index is 11.8. The van der Waals surface area contributed by atoms with Gasteiger partial charge in [0.15, 0.2) is 0 Å². The van der Waals surface area contributed by atoms with E-state index in [4.69, 9.17) is 4.74 Å². The molecule has 0 saturated carbocycles. The van der Waals surface area contributed by atoms with Gasteiger partial charge < -0.3 is 9.64 Å². The van der Waals surface area contributed by atoms with Crippen LogP contribution in [0.4, 0.5) is 4.79 Å². The number of nitrogens with one attached hydrogen (secondary N) is 1. The highest BCUT2D eigenvalue weighted by molar-refractivity contribution is 7.97. The summed E-state index contributed by atoms with van der Waals surface area (Å²) in [6.07, 6.45) is 2.77. The maximum absolute atomic E-state index is 11.8. The van der Waals surface area contributed by atoms with E-state index >= 15 is 0 Å². The lowest BCUT2D eigenvalue weighted by Crippen LogP contribution is -2.43. The zero-order valence-corrected chi connectivity index (χ0v) is 15.8. The number of ether oxygens (including phenoxy) is 1. The lowest BCUT2D eigenvalue weighted by atomic mass is 10.0. The van der Waals surface area contributed by atoms with Crippen molar-refractivity contribution in [3.8, 4) is 0 Å². The van der Waals surface area contributed by atoms with Crippen molar-refractivity contribution in [1.82, 2.24) is 9.62 Å². The van der Waals surface area contributed by atoms with Gasteiger partial charge in [-0.3, -0.25) is 4.72 Å². The number of benzene rings is 2. The second-order valence-corrected chi connectivity index (χ2v) is 7.18. The van der Waals surface area contributed by atoms with E-state index in [1.54, 1.807) is 16.8 Å². The molecule has 1 amide bonds. The second kappa shape index (κ2) is 8.59. The topological polar surface area (TPSA) is 41.6 Å². The molecule has 0 unspecified atom stereocenters. The number of hydrogen-bond donors (Lipinski definition) is 1. The molecule has 0 aromatic heterocycles. The zero-order chi connectivity index (χ0) is 17.6. The summed E-state index contributed by atoms with van der Waals surface area (Å²) < 4.78 is 8.67. The Labute approximate surface area is 154 Å². The fourth-order valence-corrected chi connectivity index (χ4v) is 4.23. The molecule has 25 heavy (non-hydrogen) atoms. The van der Waals surface area contributed by atoms with Crippen LogP contribution < -0.4 is 4.72 Å². The van der Waals surface area contributed by atoms with Gasteiger partial charge in [0, 0.05) is 24.0 Å². The molecule has 2 aromatic carbocycles. The molecule has 2 aromatic rings. The van der Waals surface area contributed by atoms with Crippen LogP contribution in [0, 0.1) is 0 Å². The molecule has 1 aliphatic heterocycles. The minimum Gasteiger partial charge on any atom is -0.450 e. The van der Waals surface area contributed by atoms with Crippen molar-refractivity contribution < 1.29 is 9.53 Å². The summed E-state index contributed by atoms with van der Waals surface area (Å²) in [7, 11) is 0. The first kappa shape index (κ1) is 18.1. The van der Waals surface area contributed by atoms with E-state index in [1.807, 2.05) is 6.92 Å². The minimum absolute atomic E-state index is 0.185. The zero-order valence-electron chi connectivity index (χ0n) is 15.0. The van der Waals surface area contributed by atoms with Crippen molar-refractivity contribution in [2.24, 2.45) is 0 Å². The van der Waals surface area contributed by atoms with Gasteiger partial charge in [-0.1, -0.05) is 37.3 Å². The maximum Gasteiger partial charge on any atom is 0.409 e. The largest absolute Gasteiger partial charge is 0.450 e. The monoisotopic (exact) mass is 358 g/mol. The third-order valence-electron chi connectivity index (χ3n) is 4.71. The average molecular weight is 359 g/mol. The quantitative estimate of drug-likeness (QED) is 0.792. The summed E-state index contributed by atoms with van der Waals surface area (Å²) in [5, 5.41) is 2.65. The number of hydrogen-bond acceptors (Lipinski definition) is 4. The SMILES string of the molecule is CCOC(=O)N1CCC(NSc2ccc(CC)c3ccccc23)CC1. The molecule has 3 rings (SSSR count). The summed E-state index contributed by atoms with van der Waals surface area (Å²) in [6, 6.07) is 13.5. The van der Waals surface area contributed by atoms with E-state index in [0.717, 1.165) is 32.4 Å². The summed E-state index contributed by atoms with van der Waals surface area (Å²) in [4.78, 5) is 14.8. The van der Waals surface area contributed by atoms with Gasteiger partial charge in [0.25, 0.3) is 0 Å². The Kier molecular flexibility index (Phi) is 6.21. The average Bonchev–Trinajstić information content (AvgIpc) is 2.66. The number of carbonyl (C=O) groups is 1. The number of likely N-dealkylation sites (tertiary alicyclic amines) is 1. The molecule has 1 aliphatic rings. The van der Waals surface area contributed by atoms with E-state index < -0.39 is 0 Å². The fraction of sp³-hybridized carbons (Fsp3) is 0.450. The van der Waals surface area contributed by atoms with Crippen molar-refractivity contribution in [2.75, 3.05) is 19.7 Å². The van der Waals surface area contributed by atoms with Gasteiger partial charge >= 0.3 is 6.09 Å². The van der Waals surface area contributed by atoms with Gasteiger partial charge in [-0.05, 0) is 60.5 Å². The third-order valence-corrected chi connectivity index (χ3v) is 5.74. The van der Waals surface area contributed by atoms with E-state index in [2.05, 4.69) is 48.0 Å². The molecule has 0 aliphatic carbocycles. The molecule has 0 bridgehead atoms. The van der Waals surface area contributed by atoms with Gasteiger partial charge in [-0.2, -0.15) is 0 Å². The van der Waals surface area contributed by atoms with Gasteiger partial charge in [0.1, 0.15) is 0 Å². The number of nitrogens with zero attached hydrogens (tertiary/aromatic N) is 1. The molecule has 1 N–H and O–H groups in total. The summed E-state index contributed by atoms with van der Waals surface area (Å²) in [5.74, 6) is 0. The van der Waals surface area contributed by atoms with Gasteiger partial charge in [-0.15, -0.1) is 0 Å². The van der Waals surface area contributed by atoms with Crippen molar-refractivity contribution >= 4 is 28.8 Å². The van der Waals surface area contributed by atoms with Crippen LogP contribution in [0.3, 0.4) is 0 Å². The first-order valence-electron chi connectivity index (χ1n) is 9.07. The lowest BCUT2D eigenvalue weighted by Gasteiger charge is -2.31. The summed E-state index contributed by atoms with van der Waals surface area (Å²) in [6.45, 7) is 5.99. The summed E-state index contributed by atoms with van der Waals surface area (Å²) in [5.41, 5.74) is 1.39. The first-order chi connectivity index (χ1) is 12.2. The molecular weight excluding hydrogens is 332 g/mol. The molecule has 0 spiro atoms. The molecule has 1 saturated heterocycles. The number of rotatable bonds is 5. The van der Waals surface area contributed by atoms with Gasteiger partial charge in [-0.25, -0.2) is 4.79 Å². The molecular formula is C20H26N2O2S. The Balaban J connectivity index is 1.60. The van der Waals surface area contributed by atoms with Crippen LogP contribution in [0.5, 0.6) is 0 Å². The van der Waals surface area contributed by atoms with E-state index in [9.17, 15) is 4.79 Å². The normalized spacial score (nSPS) is 15.5. The predicted molar refractivity (Wildman–Crippen MR) is 104 cm³/mol. The highest BCUT2D eigenvalue weighted by atomic mass is 32.2. The molecule has 1 fully saturated rings. The van der Waals surface area contributed by atoms with Gasteiger partial charge in [0.05, 0.1) is 6.61 Å².